The average molecular weight is 465 g/mol. The Morgan fingerprint density at radius 3 is 2.82 bits per heavy atom. The summed E-state index contributed by atoms with van der Waals surface area (Å²) in [6.07, 6.45) is 1.22. The second-order valence-electron chi connectivity index (χ2n) is 9.56. The quantitative estimate of drug-likeness (QED) is 0.549. The number of ether oxygens (including phenoxy) is 1. The standard InChI is InChI=1S/C24H24FN5O4/c1-13-17(18-19(29-23(2)7-8-23)26-12-27-20(18)33-13)21(31)30-10-9-24(11-16(30)25)14-5-3-4-6-15(14)28-22(32)34-24/h3-6,12,16H,7-11H2,1-2H3,(H,28,32)(H,26,27,29). The first-order chi connectivity index (χ1) is 16.3. The molecule has 6 rings (SSSR count). The summed E-state index contributed by atoms with van der Waals surface area (Å²) >= 11 is 0. The fourth-order valence-electron chi connectivity index (χ4n) is 4.99. The van der Waals surface area contributed by atoms with E-state index in [1.165, 1.54) is 11.2 Å². The number of rotatable bonds is 3. The number of hydrogen-bond acceptors (Lipinski definition) is 7. The number of furan rings is 1. The van der Waals surface area contributed by atoms with E-state index in [0.29, 0.717) is 28.2 Å². The van der Waals surface area contributed by atoms with Crippen molar-refractivity contribution in [1.29, 1.82) is 0 Å². The van der Waals surface area contributed by atoms with Gasteiger partial charge in [0.25, 0.3) is 5.91 Å². The molecule has 10 heteroatoms. The van der Waals surface area contributed by atoms with Crippen LogP contribution in [0.5, 0.6) is 0 Å². The third-order valence-electron chi connectivity index (χ3n) is 7.09. The number of amides is 2. The molecule has 176 valence electrons. The van der Waals surface area contributed by atoms with Crippen LogP contribution in [0.1, 0.15) is 54.3 Å². The SMILES string of the molecule is Cc1oc2ncnc(NC3(C)CC3)c2c1C(=O)N1CCC2(CC1F)OC(=O)Nc1ccccc12. The van der Waals surface area contributed by atoms with Crippen molar-refractivity contribution in [3.8, 4) is 0 Å². The number of para-hydroxylation sites is 1. The van der Waals surface area contributed by atoms with Gasteiger partial charge in [0.05, 0.1) is 16.6 Å². The molecule has 1 spiro atoms. The molecule has 1 saturated carbocycles. The summed E-state index contributed by atoms with van der Waals surface area (Å²) in [6, 6.07) is 7.20. The van der Waals surface area contributed by atoms with E-state index in [1.807, 2.05) is 12.1 Å². The highest BCUT2D eigenvalue weighted by Gasteiger charge is 2.49. The Morgan fingerprint density at radius 1 is 1.26 bits per heavy atom. The minimum absolute atomic E-state index is 0.0713. The number of carbonyl (C=O) groups excluding carboxylic acids is 2. The Bertz CT molecular complexity index is 1340. The maximum Gasteiger partial charge on any atom is 0.412 e. The smallest absolute Gasteiger partial charge is 0.412 e. The largest absolute Gasteiger partial charge is 0.442 e. The number of aryl methyl sites for hydroxylation is 1. The van der Waals surface area contributed by atoms with Gasteiger partial charge in [-0.2, -0.15) is 0 Å². The van der Waals surface area contributed by atoms with Crippen LogP contribution < -0.4 is 10.6 Å². The normalized spacial score (nSPS) is 25.0. The molecule has 2 N–H and O–H groups in total. The number of hydrogen-bond donors (Lipinski definition) is 2. The Morgan fingerprint density at radius 2 is 2.06 bits per heavy atom. The zero-order valence-corrected chi connectivity index (χ0v) is 18.9. The van der Waals surface area contributed by atoms with E-state index in [4.69, 9.17) is 9.15 Å². The Kier molecular flexibility index (Phi) is 4.39. The highest BCUT2D eigenvalue weighted by molar-refractivity contribution is 6.10. The van der Waals surface area contributed by atoms with Gasteiger partial charge in [0.15, 0.2) is 6.30 Å². The number of piperidine rings is 1. The monoisotopic (exact) mass is 465 g/mol. The van der Waals surface area contributed by atoms with Crippen LogP contribution in [0.25, 0.3) is 11.1 Å². The molecule has 1 saturated heterocycles. The van der Waals surface area contributed by atoms with Crippen molar-refractivity contribution in [2.24, 2.45) is 0 Å². The zero-order chi connectivity index (χ0) is 23.7. The van der Waals surface area contributed by atoms with Crippen molar-refractivity contribution in [3.05, 3.63) is 47.5 Å². The maximum atomic E-state index is 15.7. The van der Waals surface area contributed by atoms with Gasteiger partial charge in [-0.3, -0.25) is 10.1 Å². The van der Waals surface area contributed by atoms with Gasteiger partial charge in [-0.15, -0.1) is 0 Å². The van der Waals surface area contributed by atoms with Crippen LogP contribution in [0.2, 0.25) is 0 Å². The van der Waals surface area contributed by atoms with Crippen molar-refractivity contribution >= 4 is 34.6 Å². The number of halogens is 1. The van der Waals surface area contributed by atoms with E-state index < -0.39 is 23.9 Å². The van der Waals surface area contributed by atoms with Gasteiger partial charge in [-0.1, -0.05) is 18.2 Å². The van der Waals surface area contributed by atoms with Crippen molar-refractivity contribution in [2.45, 2.75) is 57.0 Å². The number of likely N-dealkylation sites (tertiary alicyclic amines) is 1. The molecule has 2 unspecified atom stereocenters. The molecular weight excluding hydrogens is 441 g/mol. The lowest BCUT2D eigenvalue weighted by molar-refractivity contribution is -0.0805. The topological polar surface area (TPSA) is 110 Å². The molecular formula is C24H24FN5O4. The summed E-state index contributed by atoms with van der Waals surface area (Å²) in [6.45, 7) is 3.82. The summed E-state index contributed by atoms with van der Waals surface area (Å²) in [4.78, 5) is 35.5. The summed E-state index contributed by atoms with van der Waals surface area (Å²) in [5, 5.41) is 6.51. The number of alkyl halides is 1. The molecule has 9 nitrogen and oxygen atoms in total. The van der Waals surface area contributed by atoms with Gasteiger partial charge in [0.2, 0.25) is 5.71 Å². The van der Waals surface area contributed by atoms with Crippen molar-refractivity contribution < 1.29 is 23.1 Å². The molecule has 2 amide bonds. The number of nitrogens with zero attached hydrogens (tertiary/aromatic N) is 3. The Hall–Kier alpha value is -3.69. The molecule has 3 aromatic rings. The fourth-order valence-corrected chi connectivity index (χ4v) is 4.99. The van der Waals surface area contributed by atoms with Gasteiger partial charge in [0.1, 0.15) is 23.5 Å². The predicted molar refractivity (Wildman–Crippen MR) is 121 cm³/mol. The number of carbonyl (C=O) groups is 2. The van der Waals surface area contributed by atoms with E-state index in [1.54, 1.807) is 19.1 Å². The van der Waals surface area contributed by atoms with Crippen molar-refractivity contribution in [1.82, 2.24) is 14.9 Å². The van der Waals surface area contributed by atoms with Gasteiger partial charge in [-0.25, -0.2) is 19.2 Å². The minimum Gasteiger partial charge on any atom is -0.442 e. The molecule has 1 aliphatic carbocycles. The molecule has 34 heavy (non-hydrogen) atoms. The Balaban J connectivity index is 1.33. The zero-order valence-electron chi connectivity index (χ0n) is 18.9. The molecule has 0 radical (unpaired) electrons. The lowest BCUT2D eigenvalue weighted by atomic mass is 9.81. The number of anilines is 2. The molecule has 2 aliphatic heterocycles. The lowest BCUT2D eigenvalue weighted by Gasteiger charge is -2.45. The molecule has 2 atom stereocenters. The molecule has 3 aliphatic rings. The van der Waals surface area contributed by atoms with Crippen molar-refractivity contribution in [2.75, 3.05) is 17.2 Å². The third kappa shape index (κ3) is 3.19. The molecule has 0 bridgehead atoms. The van der Waals surface area contributed by atoms with E-state index in [-0.39, 0.29) is 36.2 Å². The predicted octanol–water partition coefficient (Wildman–Crippen LogP) is 4.48. The molecule has 4 heterocycles. The highest BCUT2D eigenvalue weighted by atomic mass is 19.1. The van der Waals surface area contributed by atoms with E-state index >= 15 is 4.39 Å². The highest BCUT2D eigenvalue weighted by Crippen LogP contribution is 2.46. The maximum absolute atomic E-state index is 15.7. The summed E-state index contributed by atoms with van der Waals surface area (Å²) in [5.74, 6) is 0.372. The van der Waals surface area contributed by atoms with Crippen LogP contribution in [0.15, 0.2) is 35.0 Å². The van der Waals surface area contributed by atoms with E-state index in [0.717, 1.165) is 12.8 Å². The van der Waals surface area contributed by atoms with E-state index in [9.17, 15) is 9.59 Å². The first kappa shape index (κ1) is 20.9. The molecule has 2 aromatic heterocycles. The van der Waals surface area contributed by atoms with Crippen molar-refractivity contribution in [3.63, 3.8) is 0 Å². The summed E-state index contributed by atoms with van der Waals surface area (Å²) in [7, 11) is 0. The van der Waals surface area contributed by atoms with Gasteiger partial charge in [0, 0.05) is 30.5 Å². The lowest BCUT2D eigenvalue weighted by Crippen LogP contribution is -2.53. The minimum atomic E-state index is -1.66. The van der Waals surface area contributed by atoms with E-state index in [2.05, 4.69) is 27.5 Å². The third-order valence-corrected chi connectivity index (χ3v) is 7.09. The van der Waals surface area contributed by atoms with Crippen LogP contribution in [-0.2, 0) is 10.3 Å². The number of aromatic nitrogens is 2. The van der Waals surface area contributed by atoms with Crippen LogP contribution >= 0.6 is 0 Å². The Labute approximate surface area is 194 Å². The van der Waals surface area contributed by atoms with Gasteiger partial charge in [-0.05, 0) is 32.8 Å². The summed E-state index contributed by atoms with van der Waals surface area (Å²) in [5.41, 5.74) is 0.644. The van der Waals surface area contributed by atoms with Gasteiger partial charge < -0.3 is 19.4 Å². The second-order valence-corrected chi connectivity index (χ2v) is 9.56. The van der Waals surface area contributed by atoms with Crippen LogP contribution in [0.3, 0.4) is 0 Å². The van der Waals surface area contributed by atoms with Gasteiger partial charge >= 0.3 is 6.09 Å². The molecule has 2 fully saturated rings. The van der Waals surface area contributed by atoms with Crippen LogP contribution in [0, 0.1) is 6.92 Å². The number of benzene rings is 1. The molecule has 1 aromatic carbocycles. The fraction of sp³-hybridized carbons (Fsp3) is 0.417. The number of nitrogens with one attached hydrogen (secondary N) is 2. The van der Waals surface area contributed by atoms with Crippen LogP contribution in [0.4, 0.5) is 20.7 Å². The first-order valence-corrected chi connectivity index (χ1v) is 11.4. The van der Waals surface area contributed by atoms with Crippen LogP contribution in [-0.4, -0.2) is 45.2 Å². The second kappa shape index (κ2) is 7.15. The summed E-state index contributed by atoms with van der Waals surface area (Å²) < 4.78 is 27.1. The first-order valence-electron chi connectivity index (χ1n) is 11.4. The number of fused-ring (bicyclic) bond motifs is 3. The average Bonchev–Trinajstić information content (AvgIpc) is 3.41.